The third kappa shape index (κ3) is 5.44. The number of alkyl halides is 3. The first-order valence-electron chi connectivity index (χ1n) is 8.52. The van der Waals surface area contributed by atoms with Crippen molar-refractivity contribution in [2.45, 2.75) is 13.1 Å². The Labute approximate surface area is 173 Å². The van der Waals surface area contributed by atoms with E-state index in [0.29, 0.717) is 22.0 Å². The molecule has 1 amide bonds. The van der Waals surface area contributed by atoms with Gasteiger partial charge in [0.15, 0.2) is 6.61 Å². The molecule has 0 saturated heterocycles. The third-order valence-electron chi connectivity index (χ3n) is 3.94. The van der Waals surface area contributed by atoms with Crippen molar-refractivity contribution in [1.29, 1.82) is 0 Å². The zero-order chi connectivity index (χ0) is 21.9. The van der Waals surface area contributed by atoms with Gasteiger partial charge in [-0.25, -0.2) is 4.98 Å². The molecule has 0 radical (unpaired) electrons. The molecular formula is C20H14ClF4N3O2. The van der Waals surface area contributed by atoms with Gasteiger partial charge in [0.1, 0.15) is 5.75 Å². The number of anilines is 1. The number of hydrogen-bond acceptors (Lipinski definition) is 4. The molecule has 0 saturated carbocycles. The van der Waals surface area contributed by atoms with Gasteiger partial charge in [0.25, 0.3) is 5.91 Å². The van der Waals surface area contributed by atoms with Crippen molar-refractivity contribution in [3.63, 3.8) is 0 Å². The average molecular weight is 440 g/mol. The van der Waals surface area contributed by atoms with E-state index < -0.39 is 24.6 Å². The van der Waals surface area contributed by atoms with Gasteiger partial charge < -0.3 is 10.1 Å². The summed E-state index contributed by atoms with van der Waals surface area (Å²) in [5, 5.41) is 2.99. The lowest BCUT2D eigenvalue weighted by molar-refractivity contribution is -0.153. The Kier molecular flexibility index (Phi) is 6.21. The fourth-order valence-corrected chi connectivity index (χ4v) is 2.77. The van der Waals surface area contributed by atoms with Gasteiger partial charge >= 0.3 is 6.18 Å². The summed E-state index contributed by atoms with van der Waals surface area (Å²) >= 11 is 6.20. The highest BCUT2D eigenvalue weighted by molar-refractivity contribution is 6.33. The third-order valence-corrected chi connectivity index (χ3v) is 4.27. The monoisotopic (exact) mass is 439 g/mol. The molecule has 0 fully saturated rings. The number of nitrogens with zero attached hydrogens (tertiary/aromatic N) is 2. The second kappa shape index (κ2) is 8.66. The average Bonchev–Trinajstić information content (AvgIpc) is 2.67. The van der Waals surface area contributed by atoms with Crippen LogP contribution in [0.3, 0.4) is 0 Å². The summed E-state index contributed by atoms with van der Waals surface area (Å²) in [5.41, 5.74) is 1.65. The minimum atomic E-state index is -4.45. The lowest BCUT2D eigenvalue weighted by atomic mass is 10.1. The molecule has 0 bridgehead atoms. The van der Waals surface area contributed by atoms with Crippen molar-refractivity contribution in [1.82, 2.24) is 9.97 Å². The largest absolute Gasteiger partial charge is 0.483 e. The fraction of sp³-hybridized carbons (Fsp3) is 0.150. The molecule has 2 aromatic heterocycles. The first kappa shape index (κ1) is 21.5. The first-order valence-corrected chi connectivity index (χ1v) is 8.90. The minimum absolute atomic E-state index is 0.0454. The zero-order valence-corrected chi connectivity index (χ0v) is 16.2. The molecule has 30 heavy (non-hydrogen) atoms. The van der Waals surface area contributed by atoms with E-state index in [0.717, 1.165) is 12.3 Å². The fourth-order valence-electron chi connectivity index (χ4n) is 2.56. The smallest absolute Gasteiger partial charge is 0.422 e. The van der Waals surface area contributed by atoms with E-state index in [9.17, 15) is 22.4 Å². The Bertz CT molecular complexity index is 1070. The molecule has 5 nitrogen and oxygen atoms in total. The van der Waals surface area contributed by atoms with Gasteiger partial charge in [-0.1, -0.05) is 11.6 Å². The van der Waals surface area contributed by atoms with Crippen LogP contribution in [-0.2, 0) is 0 Å². The number of pyridine rings is 2. The van der Waals surface area contributed by atoms with E-state index in [1.807, 2.05) is 0 Å². The van der Waals surface area contributed by atoms with Crippen molar-refractivity contribution in [2.24, 2.45) is 0 Å². The molecule has 3 rings (SSSR count). The number of rotatable bonds is 5. The summed E-state index contributed by atoms with van der Waals surface area (Å²) in [6.07, 6.45) is -3.30. The van der Waals surface area contributed by atoms with Gasteiger partial charge in [0, 0.05) is 11.3 Å². The maximum atomic E-state index is 13.1. The van der Waals surface area contributed by atoms with Crippen molar-refractivity contribution in [2.75, 3.05) is 11.9 Å². The Hall–Kier alpha value is -3.20. The summed E-state index contributed by atoms with van der Waals surface area (Å²) in [6, 6.07) is 9.86. The number of amides is 1. The Morgan fingerprint density at radius 3 is 2.57 bits per heavy atom. The summed E-state index contributed by atoms with van der Waals surface area (Å²) in [7, 11) is 0. The molecule has 0 aliphatic rings. The summed E-state index contributed by atoms with van der Waals surface area (Å²) in [6.45, 7) is 0.0889. The standard InChI is InChI=1S/C20H14ClF4N3O2/c1-11-14(4-7-18(22)27-11)19(29)28-12-2-5-16(21)15(8-12)17-6-3-13(9-26-17)30-10-20(23,24)25/h2-9H,10H2,1H3,(H,28,29). The number of ether oxygens (including phenoxy) is 1. The van der Waals surface area contributed by atoms with Crippen molar-refractivity contribution in [3.05, 3.63) is 70.9 Å². The molecular weight excluding hydrogens is 426 g/mol. The van der Waals surface area contributed by atoms with E-state index in [-0.39, 0.29) is 17.0 Å². The quantitative estimate of drug-likeness (QED) is 0.425. The van der Waals surface area contributed by atoms with Gasteiger partial charge in [-0.3, -0.25) is 9.78 Å². The van der Waals surface area contributed by atoms with Crippen LogP contribution in [0.1, 0.15) is 16.1 Å². The van der Waals surface area contributed by atoms with Gasteiger partial charge in [-0.05, 0) is 49.4 Å². The number of aryl methyl sites for hydroxylation is 1. The van der Waals surface area contributed by atoms with Gasteiger partial charge in [-0.15, -0.1) is 0 Å². The van der Waals surface area contributed by atoms with Crippen molar-refractivity contribution in [3.8, 4) is 17.0 Å². The molecule has 156 valence electrons. The zero-order valence-electron chi connectivity index (χ0n) is 15.4. The second-order valence-corrected chi connectivity index (χ2v) is 6.61. The highest BCUT2D eigenvalue weighted by atomic mass is 35.5. The first-order chi connectivity index (χ1) is 14.1. The summed E-state index contributed by atoms with van der Waals surface area (Å²) < 4.78 is 54.5. The summed E-state index contributed by atoms with van der Waals surface area (Å²) in [4.78, 5) is 20.1. The highest BCUT2D eigenvalue weighted by Crippen LogP contribution is 2.30. The number of carbonyl (C=O) groups is 1. The number of nitrogens with one attached hydrogen (secondary N) is 1. The predicted octanol–water partition coefficient (Wildman–Crippen LogP) is 5.44. The molecule has 2 heterocycles. The Morgan fingerprint density at radius 1 is 1.17 bits per heavy atom. The van der Waals surface area contributed by atoms with E-state index >= 15 is 0 Å². The molecule has 3 aromatic rings. The lowest BCUT2D eigenvalue weighted by Crippen LogP contribution is -2.19. The molecule has 0 spiro atoms. The van der Waals surface area contributed by atoms with Crippen molar-refractivity contribution >= 4 is 23.2 Å². The highest BCUT2D eigenvalue weighted by Gasteiger charge is 2.28. The molecule has 0 aliphatic heterocycles. The number of carbonyl (C=O) groups excluding carboxylic acids is 1. The maximum absolute atomic E-state index is 13.1. The lowest BCUT2D eigenvalue weighted by Gasteiger charge is -2.11. The summed E-state index contributed by atoms with van der Waals surface area (Å²) in [5.74, 6) is -1.22. The molecule has 0 atom stereocenters. The van der Waals surface area contributed by atoms with Crippen LogP contribution in [0, 0.1) is 12.9 Å². The molecule has 10 heteroatoms. The Balaban J connectivity index is 1.79. The van der Waals surface area contributed by atoms with E-state index in [1.165, 1.54) is 31.2 Å². The van der Waals surface area contributed by atoms with Crippen LogP contribution in [0.25, 0.3) is 11.3 Å². The van der Waals surface area contributed by atoms with Gasteiger partial charge in [0.2, 0.25) is 5.95 Å². The molecule has 1 N–H and O–H groups in total. The van der Waals surface area contributed by atoms with Crippen LogP contribution in [0.15, 0.2) is 48.7 Å². The number of benzene rings is 1. The van der Waals surface area contributed by atoms with Crippen LogP contribution < -0.4 is 10.1 Å². The second-order valence-electron chi connectivity index (χ2n) is 6.20. The number of hydrogen-bond donors (Lipinski definition) is 1. The van der Waals surface area contributed by atoms with Crippen LogP contribution in [-0.4, -0.2) is 28.7 Å². The SMILES string of the molecule is Cc1nc(F)ccc1C(=O)Nc1ccc(Cl)c(-c2ccc(OCC(F)(F)F)cn2)c1. The predicted molar refractivity (Wildman–Crippen MR) is 103 cm³/mol. The normalized spacial score (nSPS) is 11.3. The molecule has 0 aliphatic carbocycles. The van der Waals surface area contributed by atoms with Gasteiger partial charge in [0.05, 0.1) is 28.2 Å². The topological polar surface area (TPSA) is 64.1 Å². The Morgan fingerprint density at radius 2 is 1.93 bits per heavy atom. The van der Waals surface area contributed by atoms with E-state index in [4.69, 9.17) is 11.6 Å². The number of aromatic nitrogens is 2. The maximum Gasteiger partial charge on any atom is 0.422 e. The number of halogens is 5. The molecule has 0 unspecified atom stereocenters. The van der Waals surface area contributed by atoms with Gasteiger partial charge in [-0.2, -0.15) is 17.6 Å². The van der Waals surface area contributed by atoms with Crippen LogP contribution in [0.5, 0.6) is 5.75 Å². The van der Waals surface area contributed by atoms with E-state index in [2.05, 4.69) is 20.0 Å². The minimum Gasteiger partial charge on any atom is -0.483 e. The van der Waals surface area contributed by atoms with Crippen LogP contribution in [0.2, 0.25) is 5.02 Å². The molecule has 1 aromatic carbocycles. The van der Waals surface area contributed by atoms with E-state index in [1.54, 1.807) is 12.1 Å². The van der Waals surface area contributed by atoms with Crippen molar-refractivity contribution < 1.29 is 27.1 Å². The van der Waals surface area contributed by atoms with Crippen LogP contribution in [0.4, 0.5) is 23.2 Å². The van der Waals surface area contributed by atoms with Crippen LogP contribution >= 0.6 is 11.6 Å².